The van der Waals surface area contributed by atoms with Crippen molar-refractivity contribution in [1.29, 1.82) is 0 Å². The zero-order valence-electron chi connectivity index (χ0n) is 30.0. The Morgan fingerprint density at radius 1 is 0.630 bits per heavy atom. The second-order valence-electron chi connectivity index (χ2n) is 14.9. The first-order chi connectivity index (χ1) is 26.8. The molecular formula is C52H38N2. The number of para-hydroxylation sites is 1. The largest absolute Gasteiger partial charge is 0.356 e. The van der Waals surface area contributed by atoms with E-state index in [-0.39, 0.29) is 12.1 Å². The van der Waals surface area contributed by atoms with Crippen LogP contribution in [0.4, 0.5) is 5.69 Å². The fraction of sp³-hybridized carbons (Fsp3) is 0.115. The molecule has 54 heavy (non-hydrogen) atoms. The Hall–Kier alpha value is -6.56. The van der Waals surface area contributed by atoms with Gasteiger partial charge in [0.25, 0.3) is 0 Å². The summed E-state index contributed by atoms with van der Waals surface area (Å²) in [4.78, 5) is 2.67. The van der Waals surface area contributed by atoms with Gasteiger partial charge in [-0.1, -0.05) is 152 Å². The van der Waals surface area contributed by atoms with Gasteiger partial charge in [-0.15, -0.1) is 0 Å². The van der Waals surface area contributed by atoms with E-state index in [0.717, 1.165) is 25.7 Å². The molecule has 7 aromatic rings. The lowest BCUT2D eigenvalue weighted by atomic mass is 9.86. The van der Waals surface area contributed by atoms with Crippen LogP contribution in [0.5, 0.6) is 0 Å². The van der Waals surface area contributed by atoms with E-state index in [0.29, 0.717) is 0 Å². The van der Waals surface area contributed by atoms with Crippen LogP contribution in [-0.2, 0) is 6.42 Å². The number of anilines is 1. The average Bonchev–Trinajstić information content (AvgIpc) is 3.77. The predicted octanol–water partition coefficient (Wildman–Crippen LogP) is 10.4. The molecule has 256 valence electrons. The Labute approximate surface area is 316 Å². The summed E-state index contributed by atoms with van der Waals surface area (Å²) < 4.78 is 2.47. The summed E-state index contributed by atoms with van der Waals surface area (Å²) >= 11 is 0. The topological polar surface area (TPSA) is 8.17 Å². The van der Waals surface area contributed by atoms with E-state index in [9.17, 15) is 0 Å². The highest BCUT2D eigenvalue weighted by Crippen LogP contribution is 2.44. The number of rotatable bonds is 5. The van der Waals surface area contributed by atoms with Gasteiger partial charge in [-0.2, -0.15) is 0 Å². The van der Waals surface area contributed by atoms with E-state index in [2.05, 4.69) is 185 Å². The zero-order valence-corrected chi connectivity index (χ0v) is 30.0. The summed E-state index contributed by atoms with van der Waals surface area (Å²) in [6, 6.07) is 58.1. The third-order valence-corrected chi connectivity index (χ3v) is 12.0. The van der Waals surface area contributed by atoms with Crippen LogP contribution >= 0.6 is 0 Å². The first kappa shape index (κ1) is 31.0. The molecule has 2 heteroatoms. The van der Waals surface area contributed by atoms with Crippen molar-refractivity contribution >= 4 is 34.3 Å². The minimum absolute atomic E-state index is 0.241. The molecule has 0 radical (unpaired) electrons. The number of allylic oxidation sites excluding steroid dienone is 3. The van der Waals surface area contributed by atoms with Crippen molar-refractivity contribution in [3.05, 3.63) is 208 Å². The van der Waals surface area contributed by atoms with Crippen LogP contribution in [0.3, 0.4) is 0 Å². The van der Waals surface area contributed by atoms with Gasteiger partial charge in [0.05, 0.1) is 34.2 Å². The van der Waals surface area contributed by atoms with E-state index in [1.54, 1.807) is 0 Å². The molecule has 0 saturated heterocycles. The number of fused-ring (bicyclic) bond motifs is 7. The Balaban J connectivity index is 0.958. The molecule has 4 aliphatic rings. The second kappa shape index (κ2) is 12.5. The standard InChI is InChI=1S/C52H38N2/c1-2-10-35(11-3-1)37-18-20-38(21-19-37)39-24-28-43(29-25-39)53-47-16-8-6-14-45(47)51-49(53)32-33-50-52(51)46-15-7-9-17-48(46)54(50)44-30-26-40(27-31-44)42-23-22-36-12-4-5-13-41(36)34-42/h1-6,8-14,16-21,24-30,32,34,44,50H,22-23,31,33H2/t44?,50-/m1/s1. The monoisotopic (exact) mass is 690 g/mol. The molecule has 0 fully saturated rings. The second-order valence-corrected chi connectivity index (χ2v) is 14.9. The van der Waals surface area contributed by atoms with E-state index in [1.807, 2.05) is 6.07 Å². The van der Waals surface area contributed by atoms with Crippen LogP contribution in [0.15, 0.2) is 169 Å². The molecular weight excluding hydrogens is 653 g/mol. The van der Waals surface area contributed by atoms with E-state index < -0.39 is 0 Å². The van der Waals surface area contributed by atoms with Gasteiger partial charge >= 0.3 is 0 Å². The van der Waals surface area contributed by atoms with Crippen LogP contribution in [-0.4, -0.2) is 16.7 Å². The van der Waals surface area contributed by atoms with Crippen molar-refractivity contribution in [3.63, 3.8) is 0 Å². The zero-order chi connectivity index (χ0) is 35.6. The molecule has 2 atom stereocenters. The maximum absolute atomic E-state index is 3.61. The van der Waals surface area contributed by atoms with Crippen LogP contribution in [0.25, 0.3) is 56.6 Å². The molecule has 1 aliphatic heterocycles. The van der Waals surface area contributed by atoms with Crippen LogP contribution in [0.1, 0.15) is 36.0 Å². The fourth-order valence-electron chi connectivity index (χ4n) is 9.45. The summed E-state index contributed by atoms with van der Waals surface area (Å²) in [7, 11) is 0. The lowest BCUT2D eigenvalue weighted by Gasteiger charge is -2.35. The number of aryl methyl sites for hydroxylation is 1. The average molecular weight is 691 g/mol. The van der Waals surface area contributed by atoms with Gasteiger partial charge in [-0.25, -0.2) is 0 Å². The van der Waals surface area contributed by atoms with Gasteiger partial charge in [0, 0.05) is 21.9 Å². The molecule has 2 heterocycles. The maximum Gasteiger partial charge on any atom is 0.0604 e. The van der Waals surface area contributed by atoms with Crippen molar-refractivity contribution in [1.82, 2.24) is 4.57 Å². The first-order valence-electron chi connectivity index (χ1n) is 19.3. The van der Waals surface area contributed by atoms with Crippen LogP contribution < -0.4 is 15.5 Å². The third-order valence-electron chi connectivity index (χ3n) is 12.0. The molecule has 0 N–H and O–H groups in total. The van der Waals surface area contributed by atoms with E-state index >= 15 is 0 Å². The van der Waals surface area contributed by atoms with Gasteiger partial charge in [-0.05, 0) is 101 Å². The SMILES string of the molecule is c1ccc2c(c#1)C1=c3c(n(-c4ccc(-c5ccc(-c6ccccc6)cc5)cc4)c4ccccc34)=CC[C@H]1N2C1C=CC(C2=Cc3ccccc3CC2)=CC1. The molecule has 2 nitrogen and oxygen atoms in total. The van der Waals surface area contributed by atoms with Crippen molar-refractivity contribution in [3.8, 4) is 27.9 Å². The van der Waals surface area contributed by atoms with Gasteiger partial charge in [0.2, 0.25) is 0 Å². The van der Waals surface area contributed by atoms with Crippen molar-refractivity contribution in [2.75, 3.05) is 4.90 Å². The summed E-state index contributed by atoms with van der Waals surface area (Å²) in [5.41, 5.74) is 16.9. The van der Waals surface area contributed by atoms with Crippen molar-refractivity contribution < 1.29 is 0 Å². The Bertz CT molecular complexity index is 2810. The van der Waals surface area contributed by atoms with Crippen LogP contribution in [0.2, 0.25) is 0 Å². The minimum atomic E-state index is 0.241. The summed E-state index contributed by atoms with van der Waals surface area (Å²) in [6.45, 7) is 0. The molecule has 0 spiro atoms. The number of hydrogen-bond donors (Lipinski definition) is 0. The molecule has 0 bridgehead atoms. The number of benzene rings is 5. The third kappa shape index (κ3) is 4.97. The fourth-order valence-corrected chi connectivity index (χ4v) is 9.45. The Morgan fingerprint density at radius 2 is 1.35 bits per heavy atom. The summed E-state index contributed by atoms with van der Waals surface area (Å²) in [5.74, 6) is 0. The number of hydrogen-bond acceptors (Lipinski definition) is 1. The van der Waals surface area contributed by atoms with Crippen molar-refractivity contribution in [2.45, 2.75) is 37.8 Å². The highest BCUT2D eigenvalue weighted by molar-refractivity contribution is 5.95. The highest BCUT2D eigenvalue weighted by Gasteiger charge is 2.39. The molecule has 6 aromatic carbocycles. The number of nitrogens with zero attached hydrogens (tertiary/aromatic N) is 2. The maximum atomic E-state index is 3.61. The highest BCUT2D eigenvalue weighted by atomic mass is 15.2. The molecule has 0 saturated carbocycles. The lowest BCUT2D eigenvalue weighted by Crippen LogP contribution is -2.45. The predicted molar refractivity (Wildman–Crippen MR) is 224 cm³/mol. The first-order valence-corrected chi connectivity index (χ1v) is 19.3. The molecule has 11 rings (SSSR count). The quantitative estimate of drug-likeness (QED) is 0.175. The Morgan fingerprint density at radius 3 is 2.15 bits per heavy atom. The minimum Gasteiger partial charge on any atom is -0.356 e. The molecule has 3 aliphatic carbocycles. The Kier molecular flexibility index (Phi) is 7.20. The normalized spacial score (nSPS) is 18.1. The summed E-state index contributed by atoms with van der Waals surface area (Å²) in [6.07, 6.45) is 16.3. The van der Waals surface area contributed by atoms with Crippen molar-refractivity contribution in [2.24, 2.45) is 0 Å². The molecule has 0 amide bonds. The van der Waals surface area contributed by atoms with Gasteiger partial charge in [-0.3, -0.25) is 0 Å². The van der Waals surface area contributed by atoms with Gasteiger partial charge in [0.15, 0.2) is 0 Å². The summed E-state index contributed by atoms with van der Waals surface area (Å²) in [5, 5.41) is 3.90. The van der Waals surface area contributed by atoms with Gasteiger partial charge < -0.3 is 9.47 Å². The lowest BCUT2D eigenvalue weighted by molar-refractivity contribution is 0.644. The molecule has 1 unspecified atom stereocenters. The van der Waals surface area contributed by atoms with E-state index in [1.165, 1.54) is 88.5 Å². The van der Waals surface area contributed by atoms with Gasteiger partial charge in [0.1, 0.15) is 0 Å². The van der Waals surface area contributed by atoms with Crippen LogP contribution in [0, 0.1) is 12.1 Å². The van der Waals surface area contributed by atoms with E-state index in [4.69, 9.17) is 0 Å². The number of aromatic nitrogens is 1. The molecule has 1 aromatic heterocycles. The smallest absolute Gasteiger partial charge is 0.0604 e.